The molecule has 3 heteroatoms. The van der Waals surface area contributed by atoms with Crippen molar-refractivity contribution in [2.45, 2.75) is 51.1 Å². The second-order valence-electron chi connectivity index (χ2n) is 6.45. The Bertz CT molecular complexity index is 244. The molecule has 0 aromatic heterocycles. The van der Waals surface area contributed by atoms with Gasteiger partial charge in [0.1, 0.15) is 0 Å². The summed E-state index contributed by atoms with van der Waals surface area (Å²) in [6, 6.07) is 1.51. The van der Waals surface area contributed by atoms with Crippen LogP contribution in [0, 0.1) is 5.92 Å². The fourth-order valence-corrected chi connectivity index (χ4v) is 3.63. The molecule has 2 heterocycles. The van der Waals surface area contributed by atoms with Gasteiger partial charge in [0, 0.05) is 25.2 Å². The highest BCUT2D eigenvalue weighted by Crippen LogP contribution is 2.20. The highest BCUT2D eigenvalue weighted by atomic mass is 15.2. The lowest BCUT2D eigenvalue weighted by molar-refractivity contribution is 0.183. The van der Waals surface area contributed by atoms with Crippen LogP contribution >= 0.6 is 0 Å². The van der Waals surface area contributed by atoms with E-state index in [0.29, 0.717) is 0 Å². The molecule has 0 aliphatic carbocycles. The molecule has 0 spiro atoms. The van der Waals surface area contributed by atoms with Crippen LogP contribution in [0.4, 0.5) is 0 Å². The van der Waals surface area contributed by atoms with E-state index in [0.717, 1.165) is 18.0 Å². The summed E-state index contributed by atoms with van der Waals surface area (Å²) in [5.74, 6) is 0.957. The lowest BCUT2D eigenvalue weighted by atomic mass is 9.90. The molecule has 2 aliphatic heterocycles. The molecule has 106 valence electrons. The van der Waals surface area contributed by atoms with Gasteiger partial charge in [0.25, 0.3) is 0 Å². The molecule has 3 unspecified atom stereocenters. The normalized spacial score (nSPS) is 34.3. The van der Waals surface area contributed by atoms with E-state index in [1.165, 1.54) is 58.3 Å². The maximum Gasteiger partial charge on any atom is 0.0220 e. The molecule has 2 fully saturated rings. The number of piperidine rings is 1. The molecule has 0 radical (unpaired) electrons. The number of hydrogen-bond acceptors (Lipinski definition) is 3. The van der Waals surface area contributed by atoms with Gasteiger partial charge in [-0.3, -0.25) is 0 Å². The number of nitrogens with one attached hydrogen (secondary N) is 1. The first-order valence-corrected chi connectivity index (χ1v) is 7.81. The summed E-state index contributed by atoms with van der Waals surface area (Å²) in [4.78, 5) is 5.07. The van der Waals surface area contributed by atoms with Crippen molar-refractivity contribution in [1.29, 1.82) is 0 Å². The van der Waals surface area contributed by atoms with Crippen LogP contribution in [0.25, 0.3) is 0 Å². The standard InChI is InChI=1S/C15H31N3/c1-4-13-7-8-16-14(10-13)11-17(2)12-15-6-5-9-18(15)3/h13-16H,4-12H2,1-3H3. The van der Waals surface area contributed by atoms with Gasteiger partial charge in [-0.1, -0.05) is 13.3 Å². The first-order chi connectivity index (χ1) is 8.69. The van der Waals surface area contributed by atoms with Gasteiger partial charge in [-0.25, -0.2) is 0 Å². The number of nitrogens with zero attached hydrogens (tertiary/aromatic N) is 2. The molecule has 3 nitrogen and oxygen atoms in total. The molecular weight excluding hydrogens is 222 g/mol. The van der Waals surface area contributed by atoms with Gasteiger partial charge in [-0.2, -0.15) is 0 Å². The average molecular weight is 253 g/mol. The minimum Gasteiger partial charge on any atom is -0.313 e. The first-order valence-electron chi connectivity index (χ1n) is 7.81. The van der Waals surface area contributed by atoms with E-state index in [-0.39, 0.29) is 0 Å². The predicted molar refractivity (Wildman–Crippen MR) is 78.0 cm³/mol. The fraction of sp³-hybridized carbons (Fsp3) is 1.00. The zero-order valence-corrected chi connectivity index (χ0v) is 12.5. The maximum absolute atomic E-state index is 3.70. The SMILES string of the molecule is CCC1CCNC(CN(C)CC2CCCN2C)C1. The third-order valence-corrected chi connectivity index (χ3v) is 4.91. The molecular formula is C15H31N3. The predicted octanol–water partition coefficient (Wildman–Crippen LogP) is 1.79. The van der Waals surface area contributed by atoms with E-state index in [4.69, 9.17) is 0 Å². The molecule has 0 amide bonds. The highest BCUT2D eigenvalue weighted by molar-refractivity contribution is 4.83. The van der Waals surface area contributed by atoms with Gasteiger partial charge in [0.15, 0.2) is 0 Å². The third-order valence-electron chi connectivity index (χ3n) is 4.91. The zero-order valence-electron chi connectivity index (χ0n) is 12.5. The Morgan fingerprint density at radius 2 is 2.11 bits per heavy atom. The highest BCUT2D eigenvalue weighted by Gasteiger charge is 2.25. The van der Waals surface area contributed by atoms with Crippen LogP contribution in [0.1, 0.15) is 39.0 Å². The van der Waals surface area contributed by atoms with Crippen LogP contribution in [-0.4, -0.2) is 62.2 Å². The Balaban J connectivity index is 1.71. The second kappa shape index (κ2) is 6.88. The molecule has 3 atom stereocenters. The Kier molecular flexibility index (Phi) is 5.46. The van der Waals surface area contributed by atoms with Crippen molar-refractivity contribution < 1.29 is 0 Å². The topological polar surface area (TPSA) is 18.5 Å². The number of hydrogen-bond donors (Lipinski definition) is 1. The molecule has 2 saturated heterocycles. The molecule has 2 rings (SSSR count). The first kappa shape index (κ1) is 14.3. The maximum atomic E-state index is 3.70. The number of rotatable bonds is 5. The third kappa shape index (κ3) is 3.94. The van der Waals surface area contributed by atoms with E-state index >= 15 is 0 Å². The summed E-state index contributed by atoms with van der Waals surface area (Å²) in [6.07, 6.45) is 6.88. The van der Waals surface area contributed by atoms with Gasteiger partial charge in [0.2, 0.25) is 0 Å². The molecule has 0 aromatic carbocycles. The van der Waals surface area contributed by atoms with Gasteiger partial charge < -0.3 is 15.1 Å². The Morgan fingerprint density at radius 3 is 2.78 bits per heavy atom. The smallest absolute Gasteiger partial charge is 0.0220 e. The van der Waals surface area contributed by atoms with E-state index in [9.17, 15) is 0 Å². The van der Waals surface area contributed by atoms with Crippen molar-refractivity contribution in [3.63, 3.8) is 0 Å². The second-order valence-corrected chi connectivity index (χ2v) is 6.45. The minimum absolute atomic E-state index is 0.723. The van der Waals surface area contributed by atoms with Crippen molar-refractivity contribution >= 4 is 0 Å². The fourth-order valence-electron chi connectivity index (χ4n) is 3.63. The van der Waals surface area contributed by atoms with E-state index < -0.39 is 0 Å². The van der Waals surface area contributed by atoms with Crippen LogP contribution in [0.2, 0.25) is 0 Å². The minimum atomic E-state index is 0.723. The molecule has 1 N–H and O–H groups in total. The quantitative estimate of drug-likeness (QED) is 0.806. The monoisotopic (exact) mass is 253 g/mol. The summed E-state index contributed by atoms with van der Waals surface area (Å²) in [5, 5.41) is 3.70. The molecule has 2 aliphatic rings. The lowest BCUT2D eigenvalue weighted by Crippen LogP contribution is -2.47. The zero-order chi connectivity index (χ0) is 13.0. The molecule has 0 aromatic rings. The van der Waals surface area contributed by atoms with Crippen LogP contribution < -0.4 is 5.32 Å². The van der Waals surface area contributed by atoms with Gasteiger partial charge in [-0.15, -0.1) is 0 Å². The lowest BCUT2D eigenvalue weighted by Gasteiger charge is -2.34. The molecule has 0 bridgehead atoms. The molecule has 18 heavy (non-hydrogen) atoms. The van der Waals surface area contributed by atoms with E-state index in [1.54, 1.807) is 0 Å². The van der Waals surface area contributed by atoms with Gasteiger partial charge in [0.05, 0.1) is 0 Å². The van der Waals surface area contributed by atoms with Crippen molar-refractivity contribution in [1.82, 2.24) is 15.1 Å². The Hall–Kier alpha value is -0.120. The van der Waals surface area contributed by atoms with Crippen LogP contribution in [0.5, 0.6) is 0 Å². The van der Waals surface area contributed by atoms with Crippen LogP contribution in [0.3, 0.4) is 0 Å². The number of likely N-dealkylation sites (N-methyl/N-ethyl adjacent to an activating group) is 2. The van der Waals surface area contributed by atoms with E-state index in [2.05, 4.69) is 36.1 Å². The average Bonchev–Trinajstić information content (AvgIpc) is 2.75. The Labute approximate surface area is 113 Å². The van der Waals surface area contributed by atoms with Gasteiger partial charge in [-0.05, 0) is 58.8 Å². The summed E-state index contributed by atoms with van der Waals surface area (Å²) < 4.78 is 0. The molecule has 0 saturated carbocycles. The van der Waals surface area contributed by atoms with Crippen molar-refractivity contribution in [2.75, 3.05) is 40.3 Å². The van der Waals surface area contributed by atoms with Crippen molar-refractivity contribution in [2.24, 2.45) is 5.92 Å². The summed E-state index contributed by atoms with van der Waals surface area (Å²) in [6.45, 7) is 7.31. The largest absolute Gasteiger partial charge is 0.313 e. The summed E-state index contributed by atoms with van der Waals surface area (Å²) in [7, 11) is 4.57. The van der Waals surface area contributed by atoms with Gasteiger partial charge >= 0.3 is 0 Å². The van der Waals surface area contributed by atoms with Crippen molar-refractivity contribution in [3.05, 3.63) is 0 Å². The summed E-state index contributed by atoms with van der Waals surface area (Å²) >= 11 is 0. The Morgan fingerprint density at radius 1 is 1.28 bits per heavy atom. The van der Waals surface area contributed by atoms with Crippen LogP contribution in [0.15, 0.2) is 0 Å². The van der Waals surface area contributed by atoms with E-state index in [1.807, 2.05) is 0 Å². The van der Waals surface area contributed by atoms with Crippen LogP contribution in [-0.2, 0) is 0 Å². The number of likely N-dealkylation sites (tertiary alicyclic amines) is 1. The van der Waals surface area contributed by atoms with Crippen molar-refractivity contribution in [3.8, 4) is 0 Å². The summed E-state index contributed by atoms with van der Waals surface area (Å²) in [5.41, 5.74) is 0.